The third-order valence-corrected chi connectivity index (χ3v) is 4.70. The minimum Gasteiger partial charge on any atom is -0.352 e. The number of hydrogen-bond acceptors (Lipinski definition) is 3. The average Bonchev–Trinajstić information content (AvgIpc) is 2.71. The Morgan fingerprint density at radius 1 is 1.04 bits per heavy atom. The second kappa shape index (κ2) is 8.65. The number of carbonyl (C=O) groups is 3. The number of carbonyl (C=O) groups excluding carboxylic acids is 3. The van der Waals surface area contributed by atoms with Gasteiger partial charge in [-0.1, -0.05) is 37.3 Å². The topological polar surface area (TPSA) is 69.7 Å². The minimum atomic E-state index is -0.603. The van der Waals surface area contributed by atoms with Gasteiger partial charge in [-0.2, -0.15) is 0 Å². The molecule has 0 bridgehead atoms. The molecule has 6 nitrogen and oxygen atoms in total. The number of rotatable bonds is 6. The lowest BCUT2D eigenvalue weighted by Gasteiger charge is -2.34. The minimum absolute atomic E-state index is 0.169. The molecule has 3 amide bonds. The predicted molar refractivity (Wildman–Crippen MR) is 103 cm³/mol. The number of benzene rings is 2. The third kappa shape index (κ3) is 4.54. The van der Waals surface area contributed by atoms with Crippen molar-refractivity contribution in [1.29, 1.82) is 0 Å². The van der Waals surface area contributed by atoms with E-state index in [4.69, 9.17) is 0 Å². The van der Waals surface area contributed by atoms with Crippen LogP contribution in [0.25, 0.3) is 0 Å². The Morgan fingerprint density at radius 2 is 1.71 bits per heavy atom. The molecule has 1 unspecified atom stereocenters. The monoisotopic (exact) mass is 383 g/mol. The van der Waals surface area contributed by atoms with Gasteiger partial charge in [0.25, 0.3) is 0 Å². The molecule has 1 fully saturated rings. The molecule has 3 rings (SSSR count). The number of anilines is 1. The molecular weight excluding hydrogens is 361 g/mol. The largest absolute Gasteiger partial charge is 0.352 e. The van der Waals surface area contributed by atoms with Crippen LogP contribution in [0.5, 0.6) is 0 Å². The van der Waals surface area contributed by atoms with E-state index in [-0.39, 0.29) is 24.8 Å². The number of hydrogen-bond donors (Lipinski definition) is 1. The summed E-state index contributed by atoms with van der Waals surface area (Å²) >= 11 is 0. The van der Waals surface area contributed by atoms with Crippen LogP contribution in [0.4, 0.5) is 10.1 Å². The lowest BCUT2D eigenvalue weighted by atomic mass is 10.1. The first-order chi connectivity index (χ1) is 13.5. The fourth-order valence-corrected chi connectivity index (χ4v) is 3.08. The van der Waals surface area contributed by atoms with Crippen molar-refractivity contribution in [3.05, 3.63) is 66.0 Å². The van der Waals surface area contributed by atoms with E-state index in [1.165, 1.54) is 21.9 Å². The predicted octanol–water partition coefficient (Wildman–Crippen LogP) is 1.95. The van der Waals surface area contributed by atoms with E-state index in [0.29, 0.717) is 18.8 Å². The van der Waals surface area contributed by atoms with Gasteiger partial charge in [-0.05, 0) is 29.8 Å². The van der Waals surface area contributed by atoms with Crippen molar-refractivity contribution in [2.24, 2.45) is 5.92 Å². The summed E-state index contributed by atoms with van der Waals surface area (Å²) in [6.45, 7) is 2.91. The van der Waals surface area contributed by atoms with Crippen LogP contribution in [0.3, 0.4) is 0 Å². The maximum absolute atomic E-state index is 12.9. The molecule has 0 aliphatic carbocycles. The molecule has 1 atom stereocenters. The van der Waals surface area contributed by atoms with E-state index in [2.05, 4.69) is 5.32 Å². The molecule has 0 spiro atoms. The van der Waals surface area contributed by atoms with Gasteiger partial charge in [0, 0.05) is 31.9 Å². The van der Waals surface area contributed by atoms with E-state index in [0.717, 1.165) is 5.56 Å². The fourth-order valence-electron chi connectivity index (χ4n) is 3.08. The molecule has 1 N–H and O–H groups in total. The first-order valence-corrected chi connectivity index (χ1v) is 9.13. The van der Waals surface area contributed by atoms with E-state index in [1.807, 2.05) is 18.2 Å². The van der Waals surface area contributed by atoms with Crippen molar-refractivity contribution >= 4 is 23.4 Å². The maximum Gasteiger partial charge on any atom is 0.316 e. The first-order valence-electron chi connectivity index (χ1n) is 9.13. The number of nitrogens with one attached hydrogen (secondary N) is 1. The van der Waals surface area contributed by atoms with Crippen LogP contribution in [0.1, 0.15) is 12.5 Å². The van der Waals surface area contributed by atoms with Crippen molar-refractivity contribution in [2.75, 3.05) is 24.5 Å². The molecular formula is C21H22FN3O3. The lowest BCUT2D eigenvalue weighted by molar-refractivity contribution is -0.147. The van der Waals surface area contributed by atoms with Crippen molar-refractivity contribution in [1.82, 2.24) is 10.2 Å². The summed E-state index contributed by atoms with van der Waals surface area (Å²) in [6, 6.07) is 14.9. The summed E-state index contributed by atoms with van der Waals surface area (Å²) in [5, 5.41) is 2.77. The second-order valence-electron chi connectivity index (χ2n) is 6.79. The molecule has 2 aromatic rings. The van der Waals surface area contributed by atoms with E-state index >= 15 is 0 Å². The summed E-state index contributed by atoms with van der Waals surface area (Å²) in [5.41, 5.74) is 1.47. The van der Waals surface area contributed by atoms with Gasteiger partial charge in [-0.25, -0.2) is 4.39 Å². The molecule has 1 heterocycles. The summed E-state index contributed by atoms with van der Waals surface area (Å²) < 4.78 is 12.9. The summed E-state index contributed by atoms with van der Waals surface area (Å²) in [4.78, 5) is 40.1. The molecule has 0 saturated carbocycles. The third-order valence-electron chi connectivity index (χ3n) is 4.70. The summed E-state index contributed by atoms with van der Waals surface area (Å²) in [7, 11) is 0. The fraction of sp³-hybridized carbons (Fsp3) is 0.286. The Morgan fingerprint density at radius 3 is 2.39 bits per heavy atom. The standard InChI is InChI=1S/C21H22FN3O3/c1-15(19(26)23-13-16-7-9-17(22)10-8-16)14-24-11-12-25(21(28)20(24)27)18-5-3-2-4-6-18/h2-10,15H,11-14H2,1H3,(H,23,26). The molecule has 7 heteroatoms. The lowest BCUT2D eigenvalue weighted by Crippen LogP contribution is -2.56. The van der Waals surface area contributed by atoms with Gasteiger partial charge in [0.1, 0.15) is 5.82 Å². The summed E-state index contributed by atoms with van der Waals surface area (Å²) in [6.07, 6.45) is 0. The van der Waals surface area contributed by atoms with Crippen LogP contribution in [0.2, 0.25) is 0 Å². The Bertz CT molecular complexity index is 855. The van der Waals surface area contributed by atoms with Gasteiger partial charge < -0.3 is 15.1 Å². The highest BCUT2D eigenvalue weighted by atomic mass is 19.1. The van der Waals surface area contributed by atoms with E-state index < -0.39 is 17.7 Å². The van der Waals surface area contributed by atoms with Crippen LogP contribution in [0, 0.1) is 11.7 Å². The van der Waals surface area contributed by atoms with E-state index in [1.54, 1.807) is 31.2 Å². The van der Waals surface area contributed by atoms with Crippen molar-refractivity contribution in [3.63, 3.8) is 0 Å². The zero-order chi connectivity index (χ0) is 20.1. The number of halogens is 1. The van der Waals surface area contributed by atoms with Crippen LogP contribution < -0.4 is 10.2 Å². The quantitative estimate of drug-likeness (QED) is 0.776. The molecule has 1 aliphatic heterocycles. The number of piperazine rings is 1. The van der Waals surface area contributed by atoms with Crippen molar-refractivity contribution in [2.45, 2.75) is 13.5 Å². The first kappa shape index (κ1) is 19.5. The molecule has 0 radical (unpaired) electrons. The second-order valence-corrected chi connectivity index (χ2v) is 6.79. The Balaban J connectivity index is 1.53. The highest BCUT2D eigenvalue weighted by molar-refractivity contribution is 6.41. The van der Waals surface area contributed by atoms with Crippen LogP contribution in [0.15, 0.2) is 54.6 Å². The number of amides is 3. The zero-order valence-electron chi connectivity index (χ0n) is 15.6. The highest BCUT2D eigenvalue weighted by Crippen LogP contribution is 2.18. The Kier molecular flexibility index (Phi) is 6.03. The Labute approximate surface area is 162 Å². The smallest absolute Gasteiger partial charge is 0.316 e. The molecule has 2 aromatic carbocycles. The Hall–Kier alpha value is -3.22. The average molecular weight is 383 g/mol. The summed E-state index contributed by atoms with van der Waals surface area (Å²) in [5.74, 6) is -2.22. The molecule has 1 aliphatic rings. The van der Waals surface area contributed by atoms with Crippen LogP contribution in [-0.4, -0.2) is 42.3 Å². The highest BCUT2D eigenvalue weighted by Gasteiger charge is 2.34. The molecule has 28 heavy (non-hydrogen) atoms. The van der Waals surface area contributed by atoms with Gasteiger partial charge in [0.15, 0.2) is 0 Å². The van der Waals surface area contributed by atoms with Crippen LogP contribution in [-0.2, 0) is 20.9 Å². The SMILES string of the molecule is CC(CN1CCN(c2ccccc2)C(=O)C1=O)C(=O)NCc1ccc(F)cc1. The molecule has 146 valence electrons. The van der Waals surface area contributed by atoms with Gasteiger partial charge in [0.2, 0.25) is 5.91 Å². The number of para-hydroxylation sites is 1. The molecule has 0 aromatic heterocycles. The van der Waals surface area contributed by atoms with Gasteiger partial charge in [-0.3, -0.25) is 14.4 Å². The van der Waals surface area contributed by atoms with Gasteiger partial charge >= 0.3 is 11.8 Å². The van der Waals surface area contributed by atoms with Crippen molar-refractivity contribution < 1.29 is 18.8 Å². The normalized spacial score (nSPS) is 15.5. The van der Waals surface area contributed by atoms with Crippen LogP contribution >= 0.6 is 0 Å². The molecule has 1 saturated heterocycles. The zero-order valence-corrected chi connectivity index (χ0v) is 15.6. The van der Waals surface area contributed by atoms with Gasteiger partial charge in [0.05, 0.1) is 5.92 Å². The number of nitrogens with zero attached hydrogens (tertiary/aromatic N) is 2. The van der Waals surface area contributed by atoms with E-state index in [9.17, 15) is 18.8 Å². The van der Waals surface area contributed by atoms with Crippen molar-refractivity contribution in [3.8, 4) is 0 Å². The van der Waals surface area contributed by atoms with Gasteiger partial charge in [-0.15, -0.1) is 0 Å². The maximum atomic E-state index is 12.9.